The predicted octanol–water partition coefficient (Wildman–Crippen LogP) is 3.76. The molecule has 0 heterocycles. The van der Waals surface area contributed by atoms with E-state index in [1.165, 1.54) is 0 Å². The molecular formula is C21H26N2O3. The minimum Gasteiger partial charge on any atom is -0.489 e. The highest BCUT2D eigenvalue weighted by atomic mass is 16.5. The van der Waals surface area contributed by atoms with Gasteiger partial charge in [0, 0.05) is 29.6 Å². The van der Waals surface area contributed by atoms with Crippen LogP contribution in [0.1, 0.15) is 32.8 Å². The summed E-state index contributed by atoms with van der Waals surface area (Å²) >= 11 is 0. The molecule has 0 unspecified atom stereocenters. The van der Waals surface area contributed by atoms with Crippen LogP contribution in [0.2, 0.25) is 0 Å². The Kier molecular flexibility index (Phi) is 6.78. The van der Waals surface area contributed by atoms with Crippen LogP contribution in [0.5, 0.6) is 5.75 Å². The first-order chi connectivity index (χ1) is 12.4. The second-order valence-corrected chi connectivity index (χ2v) is 7.06. The van der Waals surface area contributed by atoms with Gasteiger partial charge in [0.05, 0.1) is 0 Å². The summed E-state index contributed by atoms with van der Waals surface area (Å²) in [4.78, 5) is 24.0. The first kappa shape index (κ1) is 19.5. The van der Waals surface area contributed by atoms with Crippen LogP contribution in [0.3, 0.4) is 0 Å². The van der Waals surface area contributed by atoms with E-state index >= 15 is 0 Å². The van der Waals surface area contributed by atoms with E-state index in [1.807, 2.05) is 75.4 Å². The standard InChI is InChI=1S/C21H26N2O3/c1-21(2,3)20(25)22-14-13-19(24)23-18-12-8-7-9-16(18)15-26-17-10-5-4-6-11-17/h4-12H,13-15H2,1-3H3,(H,22,25)(H,23,24). The van der Waals surface area contributed by atoms with Crippen LogP contribution in [0, 0.1) is 5.41 Å². The van der Waals surface area contributed by atoms with E-state index in [2.05, 4.69) is 10.6 Å². The van der Waals surface area contributed by atoms with Crippen molar-refractivity contribution in [1.29, 1.82) is 0 Å². The summed E-state index contributed by atoms with van der Waals surface area (Å²) in [5, 5.41) is 5.67. The van der Waals surface area contributed by atoms with Gasteiger partial charge in [0.25, 0.3) is 0 Å². The van der Waals surface area contributed by atoms with Crippen LogP contribution >= 0.6 is 0 Å². The lowest BCUT2D eigenvalue weighted by atomic mass is 9.96. The van der Waals surface area contributed by atoms with Gasteiger partial charge < -0.3 is 15.4 Å². The third kappa shape index (κ3) is 6.24. The van der Waals surface area contributed by atoms with Gasteiger partial charge in [-0.1, -0.05) is 57.2 Å². The summed E-state index contributed by atoms with van der Waals surface area (Å²) in [6, 6.07) is 17.1. The van der Waals surface area contributed by atoms with Crippen LogP contribution < -0.4 is 15.4 Å². The van der Waals surface area contributed by atoms with Gasteiger partial charge in [-0.2, -0.15) is 0 Å². The van der Waals surface area contributed by atoms with Crippen molar-refractivity contribution >= 4 is 17.5 Å². The van der Waals surface area contributed by atoms with Gasteiger partial charge in [-0.15, -0.1) is 0 Å². The number of nitrogens with one attached hydrogen (secondary N) is 2. The second-order valence-electron chi connectivity index (χ2n) is 7.06. The van der Waals surface area contributed by atoms with E-state index < -0.39 is 5.41 Å². The lowest BCUT2D eigenvalue weighted by molar-refractivity contribution is -0.128. The third-order valence-electron chi connectivity index (χ3n) is 3.75. The molecule has 0 fully saturated rings. The lowest BCUT2D eigenvalue weighted by Crippen LogP contribution is -2.36. The molecule has 0 aliphatic carbocycles. The fourth-order valence-electron chi connectivity index (χ4n) is 2.21. The Morgan fingerprint density at radius 1 is 0.962 bits per heavy atom. The van der Waals surface area contributed by atoms with Gasteiger partial charge in [-0.05, 0) is 18.2 Å². The smallest absolute Gasteiger partial charge is 0.226 e. The van der Waals surface area contributed by atoms with E-state index in [0.29, 0.717) is 13.2 Å². The fraction of sp³-hybridized carbons (Fsp3) is 0.333. The van der Waals surface area contributed by atoms with E-state index in [0.717, 1.165) is 17.0 Å². The average molecular weight is 354 g/mol. The Hall–Kier alpha value is -2.82. The summed E-state index contributed by atoms with van der Waals surface area (Å²) in [6.45, 7) is 6.19. The van der Waals surface area contributed by atoms with Crippen LogP contribution in [-0.2, 0) is 16.2 Å². The molecule has 0 aromatic heterocycles. The Bertz CT molecular complexity index is 736. The number of carbonyl (C=O) groups excluding carboxylic acids is 2. The van der Waals surface area contributed by atoms with Crippen molar-refractivity contribution in [2.24, 2.45) is 5.41 Å². The molecule has 2 amide bonds. The number of amides is 2. The fourth-order valence-corrected chi connectivity index (χ4v) is 2.21. The van der Waals surface area contributed by atoms with E-state index in [9.17, 15) is 9.59 Å². The van der Waals surface area contributed by atoms with Crippen LogP contribution in [0.4, 0.5) is 5.69 Å². The molecule has 5 heteroatoms. The molecule has 2 aromatic carbocycles. The monoisotopic (exact) mass is 354 g/mol. The predicted molar refractivity (Wildman–Crippen MR) is 103 cm³/mol. The van der Waals surface area contributed by atoms with E-state index in [4.69, 9.17) is 4.74 Å². The number of benzene rings is 2. The maximum atomic E-state index is 12.2. The van der Waals surface area contributed by atoms with Gasteiger partial charge in [-0.3, -0.25) is 9.59 Å². The van der Waals surface area contributed by atoms with Crippen LogP contribution in [0.25, 0.3) is 0 Å². The van der Waals surface area contributed by atoms with Gasteiger partial charge in [0.2, 0.25) is 11.8 Å². The first-order valence-corrected chi connectivity index (χ1v) is 8.70. The van der Waals surface area contributed by atoms with Crippen LogP contribution in [0.15, 0.2) is 54.6 Å². The molecule has 0 radical (unpaired) electrons. The summed E-state index contributed by atoms with van der Waals surface area (Å²) in [6.07, 6.45) is 0.218. The van der Waals surface area contributed by atoms with Crippen molar-refractivity contribution in [3.63, 3.8) is 0 Å². The maximum Gasteiger partial charge on any atom is 0.226 e. The molecule has 5 nitrogen and oxygen atoms in total. The van der Waals surface area contributed by atoms with Gasteiger partial charge in [0.1, 0.15) is 12.4 Å². The molecule has 0 spiro atoms. The van der Waals surface area contributed by atoms with E-state index in [-0.39, 0.29) is 18.2 Å². The Morgan fingerprint density at radius 2 is 1.62 bits per heavy atom. The van der Waals surface area contributed by atoms with E-state index in [1.54, 1.807) is 0 Å². The zero-order valence-corrected chi connectivity index (χ0v) is 15.5. The first-order valence-electron chi connectivity index (χ1n) is 8.70. The van der Waals surface area contributed by atoms with Crippen molar-refractivity contribution in [2.45, 2.75) is 33.8 Å². The average Bonchev–Trinajstić information content (AvgIpc) is 2.61. The summed E-state index contributed by atoms with van der Waals surface area (Å²) in [5.41, 5.74) is 1.15. The van der Waals surface area contributed by atoms with Crippen molar-refractivity contribution in [3.05, 3.63) is 60.2 Å². The second kappa shape index (κ2) is 9.04. The molecule has 2 rings (SSSR count). The highest BCUT2D eigenvalue weighted by molar-refractivity contribution is 5.92. The topological polar surface area (TPSA) is 67.4 Å². The molecule has 0 atom stereocenters. The largest absolute Gasteiger partial charge is 0.489 e. The van der Waals surface area contributed by atoms with Crippen molar-refractivity contribution in [3.8, 4) is 5.75 Å². The zero-order valence-electron chi connectivity index (χ0n) is 15.5. The van der Waals surface area contributed by atoms with Crippen molar-refractivity contribution < 1.29 is 14.3 Å². The SMILES string of the molecule is CC(C)(C)C(=O)NCCC(=O)Nc1ccccc1COc1ccccc1. The third-order valence-corrected chi connectivity index (χ3v) is 3.75. The van der Waals surface area contributed by atoms with Gasteiger partial charge in [0.15, 0.2) is 0 Å². The summed E-state index contributed by atoms with van der Waals surface area (Å²) in [5.74, 6) is 0.562. The van der Waals surface area contributed by atoms with Crippen molar-refractivity contribution in [1.82, 2.24) is 5.32 Å². The number of carbonyl (C=O) groups is 2. The number of rotatable bonds is 7. The van der Waals surface area contributed by atoms with Crippen molar-refractivity contribution in [2.75, 3.05) is 11.9 Å². The highest BCUT2D eigenvalue weighted by Crippen LogP contribution is 2.18. The number of hydrogen-bond acceptors (Lipinski definition) is 3. The molecule has 2 N–H and O–H groups in total. The summed E-state index contributed by atoms with van der Waals surface area (Å²) in [7, 11) is 0. The zero-order chi connectivity index (χ0) is 19.0. The molecule has 2 aromatic rings. The molecular weight excluding hydrogens is 328 g/mol. The summed E-state index contributed by atoms with van der Waals surface area (Å²) < 4.78 is 5.76. The lowest BCUT2D eigenvalue weighted by Gasteiger charge is -2.17. The maximum absolute atomic E-state index is 12.2. The van der Waals surface area contributed by atoms with Gasteiger partial charge in [-0.25, -0.2) is 0 Å². The molecule has 0 bridgehead atoms. The quantitative estimate of drug-likeness (QED) is 0.796. The number of hydrogen-bond donors (Lipinski definition) is 2. The number of para-hydroxylation sites is 2. The number of anilines is 1. The number of ether oxygens (including phenoxy) is 1. The minimum absolute atomic E-state index is 0.0676. The normalized spacial score (nSPS) is 10.9. The van der Waals surface area contributed by atoms with Crippen LogP contribution in [-0.4, -0.2) is 18.4 Å². The molecule has 26 heavy (non-hydrogen) atoms. The Morgan fingerprint density at radius 3 is 2.31 bits per heavy atom. The minimum atomic E-state index is -0.460. The Labute approximate surface area is 154 Å². The molecule has 0 saturated heterocycles. The molecule has 0 aliphatic rings. The molecule has 0 aliphatic heterocycles. The molecule has 0 saturated carbocycles. The Balaban J connectivity index is 1.87. The van der Waals surface area contributed by atoms with Gasteiger partial charge >= 0.3 is 0 Å². The molecule has 138 valence electrons. The highest BCUT2D eigenvalue weighted by Gasteiger charge is 2.20.